The number of aldehydes is 1. The van der Waals surface area contributed by atoms with E-state index in [1.807, 2.05) is 0 Å². The van der Waals surface area contributed by atoms with E-state index < -0.39 is 4.92 Å². The highest BCUT2D eigenvalue weighted by Crippen LogP contribution is 2.24. The van der Waals surface area contributed by atoms with Gasteiger partial charge in [0.05, 0.1) is 11.5 Å². The summed E-state index contributed by atoms with van der Waals surface area (Å²) in [4.78, 5) is 22.6. The third-order valence-electron chi connectivity index (χ3n) is 2.65. The molecule has 0 aliphatic heterocycles. The molecule has 1 rings (SSSR count). The van der Waals surface area contributed by atoms with Gasteiger partial charge in [-0.3, -0.25) is 14.9 Å². The molecule has 6 heteroatoms. The van der Waals surface area contributed by atoms with Gasteiger partial charge in [-0.2, -0.15) is 0 Å². The molecule has 6 nitrogen and oxygen atoms in total. The zero-order valence-corrected chi connectivity index (χ0v) is 9.66. The van der Waals surface area contributed by atoms with Crippen LogP contribution in [0.1, 0.15) is 17.3 Å². The number of nitrogens with zero attached hydrogens (tertiary/aromatic N) is 2. The van der Waals surface area contributed by atoms with Crippen molar-refractivity contribution in [3.05, 3.63) is 33.9 Å². The van der Waals surface area contributed by atoms with Gasteiger partial charge >= 0.3 is 0 Å². The summed E-state index contributed by atoms with van der Waals surface area (Å²) < 4.78 is 0. The number of aliphatic hydroxyl groups excluding tert-OH is 1. The van der Waals surface area contributed by atoms with Crippen LogP contribution in [0.15, 0.2) is 18.2 Å². The van der Waals surface area contributed by atoms with Crippen LogP contribution in [-0.4, -0.2) is 36.0 Å². The second-order valence-electron chi connectivity index (χ2n) is 3.76. The Balaban J connectivity index is 3.17. The lowest BCUT2D eigenvalue weighted by atomic mass is 10.1. The van der Waals surface area contributed by atoms with Crippen LogP contribution in [0, 0.1) is 10.1 Å². The van der Waals surface area contributed by atoms with Crippen molar-refractivity contribution in [2.24, 2.45) is 0 Å². The zero-order valence-electron chi connectivity index (χ0n) is 9.66. The minimum Gasteiger partial charge on any atom is -0.394 e. The first-order chi connectivity index (χ1) is 8.01. The fraction of sp³-hybridized carbons (Fsp3) is 0.364. The topological polar surface area (TPSA) is 83.7 Å². The molecule has 1 aromatic rings. The monoisotopic (exact) mass is 238 g/mol. The van der Waals surface area contributed by atoms with Crippen LogP contribution >= 0.6 is 0 Å². The van der Waals surface area contributed by atoms with Crippen LogP contribution in [-0.2, 0) is 0 Å². The highest BCUT2D eigenvalue weighted by molar-refractivity contribution is 5.86. The molecule has 0 fully saturated rings. The number of likely N-dealkylation sites (N-methyl/N-ethyl adjacent to an activating group) is 1. The molecule has 0 spiro atoms. The summed E-state index contributed by atoms with van der Waals surface area (Å²) in [5, 5.41) is 19.6. The number of anilines is 1. The first-order valence-corrected chi connectivity index (χ1v) is 5.08. The van der Waals surface area contributed by atoms with Crippen molar-refractivity contribution in [2.75, 3.05) is 18.6 Å². The number of hydrogen-bond acceptors (Lipinski definition) is 5. The number of benzene rings is 1. The van der Waals surface area contributed by atoms with E-state index in [1.54, 1.807) is 18.9 Å². The van der Waals surface area contributed by atoms with Crippen molar-refractivity contribution in [2.45, 2.75) is 13.0 Å². The van der Waals surface area contributed by atoms with Crippen molar-refractivity contribution in [3.8, 4) is 0 Å². The van der Waals surface area contributed by atoms with Gasteiger partial charge in [-0.05, 0) is 13.0 Å². The number of carbonyl (C=O) groups excluding carboxylic acids is 1. The van der Waals surface area contributed by atoms with E-state index in [0.717, 1.165) is 0 Å². The minimum atomic E-state index is -0.549. The Kier molecular flexibility index (Phi) is 4.17. The molecule has 0 aliphatic rings. The van der Waals surface area contributed by atoms with Crippen LogP contribution in [0.25, 0.3) is 0 Å². The quantitative estimate of drug-likeness (QED) is 0.473. The number of nitro groups is 1. The molecule has 0 bridgehead atoms. The lowest BCUT2D eigenvalue weighted by molar-refractivity contribution is -0.384. The number of hydrogen-bond donors (Lipinski definition) is 1. The number of non-ortho nitro benzene ring substituents is 1. The molecule has 0 heterocycles. The van der Waals surface area contributed by atoms with Gasteiger partial charge in [0.25, 0.3) is 5.69 Å². The van der Waals surface area contributed by atoms with Gasteiger partial charge in [0.15, 0.2) is 6.29 Å². The fourth-order valence-corrected chi connectivity index (χ4v) is 1.43. The van der Waals surface area contributed by atoms with E-state index in [9.17, 15) is 14.9 Å². The normalized spacial score (nSPS) is 11.9. The van der Waals surface area contributed by atoms with E-state index in [4.69, 9.17) is 5.11 Å². The second kappa shape index (κ2) is 5.40. The molecular weight excluding hydrogens is 224 g/mol. The predicted molar refractivity (Wildman–Crippen MR) is 63.4 cm³/mol. The molecule has 0 amide bonds. The summed E-state index contributed by atoms with van der Waals surface area (Å²) in [6.45, 7) is 1.72. The molecule has 1 N–H and O–H groups in total. The van der Waals surface area contributed by atoms with Gasteiger partial charge in [-0.15, -0.1) is 0 Å². The highest BCUT2D eigenvalue weighted by Gasteiger charge is 2.16. The maximum atomic E-state index is 10.9. The Labute approximate surface area is 98.6 Å². The first kappa shape index (κ1) is 13.1. The molecular formula is C11H14N2O4. The Morgan fingerprint density at radius 3 is 2.71 bits per heavy atom. The summed E-state index contributed by atoms with van der Waals surface area (Å²) in [7, 11) is 1.72. The molecule has 0 saturated carbocycles. The van der Waals surface area contributed by atoms with Crippen molar-refractivity contribution < 1.29 is 14.8 Å². The zero-order chi connectivity index (χ0) is 13.0. The largest absolute Gasteiger partial charge is 0.394 e. The molecule has 0 aliphatic carbocycles. The number of carbonyl (C=O) groups is 1. The summed E-state index contributed by atoms with van der Waals surface area (Å²) in [6.07, 6.45) is 0.572. The standard InChI is InChI=1S/C11H14N2O4/c1-8(6-14)12(2)11-4-3-10(13(16)17)5-9(11)7-15/h3-5,7-8,14H,6H2,1-2H3. The number of aliphatic hydroxyl groups is 1. The highest BCUT2D eigenvalue weighted by atomic mass is 16.6. The van der Waals surface area contributed by atoms with Crippen LogP contribution in [0.3, 0.4) is 0 Å². The van der Waals surface area contributed by atoms with Crippen LogP contribution in [0.2, 0.25) is 0 Å². The van der Waals surface area contributed by atoms with Crippen molar-refractivity contribution in [1.29, 1.82) is 0 Å². The summed E-state index contributed by atoms with van der Waals surface area (Å²) in [5.74, 6) is 0. The van der Waals surface area contributed by atoms with Gasteiger partial charge in [-0.25, -0.2) is 0 Å². The molecule has 0 saturated heterocycles. The molecule has 92 valence electrons. The van der Waals surface area contributed by atoms with Gasteiger partial charge in [0.2, 0.25) is 0 Å². The van der Waals surface area contributed by atoms with Crippen molar-refractivity contribution in [1.82, 2.24) is 0 Å². The Bertz CT molecular complexity index is 433. The van der Waals surface area contributed by atoms with Gasteiger partial charge in [-0.1, -0.05) is 0 Å². The van der Waals surface area contributed by atoms with Gasteiger partial charge < -0.3 is 10.0 Å². The maximum Gasteiger partial charge on any atom is 0.270 e. The van der Waals surface area contributed by atoms with Crippen LogP contribution in [0.4, 0.5) is 11.4 Å². The van der Waals surface area contributed by atoms with E-state index >= 15 is 0 Å². The van der Waals surface area contributed by atoms with Crippen LogP contribution in [0.5, 0.6) is 0 Å². The van der Waals surface area contributed by atoms with Crippen molar-refractivity contribution >= 4 is 17.7 Å². The maximum absolute atomic E-state index is 10.9. The lowest BCUT2D eigenvalue weighted by Crippen LogP contribution is -2.32. The Hall–Kier alpha value is -1.95. The Morgan fingerprint density at radius 2 is 2.24 bits per heavy atom. The third-order valence-corrected chi connectivity index (χ3v) is 2.65. The third kappa shape index (κ3) is 2.79. The average molecular weight is 238 g/mol. The fourth-order valence-electron chi connectivity index (χ4n) is 1.43. The summed E-state index contributed by atoms with van der Waals surface area (Å²) in [5.41, 5.74) is 0.676. The van der Waals surface area contributed by atoms with E-state index in [1.165, 1.54) is 18.2 Å². The minimum absolute atomic E-state index is 0.0637. The first-order valence-electron chi connectivity index (χ1n) is 5.08. The van der Waals surface area contributed by atoms with E-state index in [2.05, 4.69) is 0 Å². The van der Waals surface area contributed by atoms with Crippen molar-refractivity contribution in [3.63, 3.8) is 0 Å². The van der Waals surface area contributed by atoms with E-state index in [-0.39, 0.29) is 23.9 Å². The number of nitro benzene ring substituents is 1. The molecule has 1 aromatic carbocycles. The van der Waals surface area contributed by atoms with Gasteiger partial charge in [0, 0.05) is 36.5 Å². The smallest absolute Gasteiger partial charge is 0.270 e. The molecule has 17 heavy (non-hydrogen) atoms. The van der Waals surface area contributed by atoms with Crippen LogP contribution < -0.4 is 4.90 Å². The lowest BCUT2D eigenvalue weighted by Gasteiger charge is -2.26. The molecule has 1 unspecified atom stereocenters. The van der Waals surface area contributed by atoms with Gasteiger partial charge in [0.1, 0.15) is 0 Å². The second-order valence-corrected chi connectivity index (χ2v) is 3.76. The summed E-state index contributed by atoms with van der Waals surface area (Å²) in [6, 6.07) is 3.90. The van der Waals surface area contributed by atoms with E-state index in [0.29, 0.717) is 12.0 Å². The molecule has 0 aromatic heterocycles. The molecule has 0 radical (unpaired) electrons. The SMILES string of the molecule is CC(CO)N(C)c1ccc([N+](=O)[O-])cc1C=O. The summed E-state index contributed by atoms with van der Waals surface area (Å²) >= 11 is 0. The average Bonchev–Trinajstić information content (AvgIpc) is 2.35. The molecule has 1 atom stereocenters. The Morgan fingerprint density at radius 1 is 1.59 bits per heavy atom. The predicted octanol–water partition coefficient (Wildman–Crippen LogP) is 1.22. The number of rotatable bonds is 5.